The van der Waals surface area contributed by atoms with Crippen LogP contribution in [-0.4, -0.2) is 4.98 Å². The normalized spacial score (nSPS) is 10.8. The summed E-state index contributed by atoms with van der Waals surface area (Å²) < 4.78 is 5.82. The van der Waals surface area contributed by atoms with E-state index in [0.29, 0.717) is 13.2 Å². The summed E-state index contributed by atoms with van der Waals surface area (Å²) in [5.74, 6) is 0.815. The predicted octanol–water partition coefficient (Wildman–Crippen LogP) is 5.28. The largest absolute Gasteiger partial charge is 0.489 e. The first-order valence-corrected chi connectivity index (χ1v) is 9.87. The van der Waals surface area contributed by atoms with Gasteiger partial charge in [-0.2, -0.15) is 0 Å². The molecule has 0 aliphatic heterocycles. The zero-order valence-electron chi connectivity index (χ0n) is 16.4. The van der Waals surface area contributed by atoms with Crippen LogP contribution in [0.2, 0.25) is 0 Å². The summed E-state index contributed by atoms with van der Waals surface area (Å²) >= 11 is 0. The van der Waals surface area contributed by atoms with E-state index in [0.717, 1.165) is 39.9 Å². The number of pyridine rings is 1. The zero-order valence-corrected chi connectivity index (χ0v) is 16.4. The van der Waals surface area contributed by atoms with Gasteiger partial charge in [-0.3, -0.25) is 4.79 Å². The van der Waals surface area contributed by atoms with Gasteiger partial charge in [0.05, 0.1) is 0 Å². The Hall–Kier alpha value is -3.53. The van der Waals surface area contributed by atoms with E-state index >= 15 is 0 Å². The number of aromatic amines is 1. The Kier molecular flexibility index (Phi) is 5.61. The van der Waals surface area contributed by atoms with Crippen molar-refractivity contribution >= 4 is 16.6 Å². The molecule has 0 saturated heterocycles. The fraction of sp³-hybridized carbons (Fsp3) is 0.160. The maximum Gasteiger partial charge on any atom is 0.253 e. The highest BCUT2D eigenvalue weighted by molar-refractivity contribution is 5.79. The first-order chi connectivity index (χ1) is 14.2. The van der Waals surface area contributed by atoms with E-state index in [1.807, 2.05) is 66.7 Å². The van der Waals surface area contributed by atoms with E-state index in [1.165, 1.54) is 5.56 Å². The van der Waals surface area contributed by atoms with Gasteiger partial charge in [0.1, 0.15) is 12.4 Å². The van der Waals surface area contributed by atoms with Crippen LogP contribution >= 0.6 is 0 Å². The predicted molar refractivity (Wildman–Crippen MR) is 118 cm³/mol. The van der Waals surface area contributed by atoms with Crippen LogP contribution in [0.4, 0.5) is 5.69 Å². The molecular formula is C25H24N2O2. The molecule has 0 fully saturated rings. The van der Waals surface area contributed by atoms with Crippen molar-refractivity contribution in [2.75, 3.05) is 5.32 Å². The first kappa shape index (κ1) is 18.8. The van der Waals surface area contributed by atoms with Crippen molar-refractivity contribution in [1.29, 1.82) is 0 Å². The molecule has 1 aromatic heterocycles. The SMILES string of the molecule is CCc1ccc2[nH]c(=O)c(CNc3ccc(OCc4ccccc4)cc3)cc2c1. The average molecular weight is 384 g/mol. The maximum atomic E-state index is 12.4. The molecule has 0 aliphatic carbocycles. The number of H-pyrrole nitrogens is 1. The molecule has 4 nitrogen and oxygen atoms in total. The van der Waals surface area contributed by atoms with Gasteiger partial charge in [-0.05, 0) is 65.4 Å². The number of hydrogen-bond acceptors (Lipinski definition) is 3. The lowest BCUT2D eigenvalue weighted by molar-refractivity contribution is 0.306. The maximum absolute atomic E-state index is 12.4. The lowest BCUT2D eigenvalue weighted by Crippen LogP contribution is -2.15. The third kappa shape index (κ3) is 4.66. The number of nitrogens with one attached hydrogen (secondary N) is 2. The quantitative estimate of drug-likeness (QED) is 0.456. The van der Waals surface area contributed by atoms with Crippen LogP contribution in [-0.2, 0) is 19.6 Å². The van der Waals surface area contributed by atoms with Crippen LogP contribution in [0.1, 0.15) is 23.6 Å². The summed E-state index contributed by atoms with van der Waals surface area (Å²) in [5.41, 5.74) is 4.87. The van der Waals surface area contributed by atoms with Crippen LogP contribution in [0.15, 0.2) is 83.7 Å². The number of anilines is 1. The Morgan fingerprint density at radius 2 is 1.69 bits per heavy atom. The van der Waals surface area contributed by atoms with Crippen LogP contribution in [0.25, 0.3) is 10.9 Å². The molecule has 0 unspecified atom stereocenters. The summed E-state index contributed by atoms with van der Waals surface area (Å²) in [6.45, 7) is 3.13. The Bertz CT molecular complexity index is 1150. The molecule has 4 aromatic rings. The van der Waals surface area contributed by atoms with Crippen LogP contribution < -0.4 is 15.6 Å². The van der Waals surface area contributed by atoms with Crippen LogP contribution in [0.5, 0.6) is 5.75 Å². The summed E-state index contributed by atoms with van der Waals surface area (Å²) in [6.07, 6.45) is 0.974. The van der Waals surface area contributed by atoms with E-state index in [2.05, 4.69) is 29.4 Å². The van der Waals surface area contributed by atoms with Gasteiger partial charge in [-0.15, -0.1) is 0 Å². The Morgan fingerprint density at radius 1 is 0.897 bits per heavy atom. The topological polar surface area (TPSA) is 54.1 Å². The van der Waals surface area contributed by atoms with Crippen molar-refractivity contribution in [2.45, 2.75) is 26.5 Å². The number of aromatic nitrogens is 1. The molecule has 3 aromatic carbocycles. The molecule has 1 heterocycles. The van der Waals surface area contributed by atoms with Gasteiger partial charge < -0.3 is 15.0 Å². The molecule has 4 rings (SSSR count). The Labute approximate surface area is 170 Å². The van der Waals surface area contributed by atoms with Gasteiger partial charge in [-0.1, -0.05) is 43.3 Å². The van der Waals surface area contributed by atoms with Gasteiger partial charge in [0.25, 0.3) is 5.56 Å². The lowest BCUT2D eigenvalue weighted by Gasteiger charge is -2.10. The molecule has 146 valence electrons. The van der Waals surface area contributed by atoms with Crippen molar-refractivity contribution in [3.8, 4) is 5.75 Å². The molecule has 0 bridgehead atoms. The van der Waals surface area contributed by atoms with E-state index in [4.69, 9.17) is 4.74 Å². The van der Waals surface area contributed by atoms with Gasteiger partial charge in [0, 0.05) is 23.3 Å². The second-order valence-electron chi connectivity index (χ2n) is 7.05. The van der Waals surface area contributed by atoms with Crippen LogP contribution in [0.3, 0.4) is 0 Å². The molecule has 0 aliphatic rings. The first-order valence-electron chi connectivity index (χ1n) is 9.87. The van der Waals surface area contributed by atoms with Crippen molar-refractivity contribution in [3.05, 3.63) is 106 Å². The molecule has 0 radical (unpaired) electrons. The van der Waals surface area contributed by atoms with Crippen molar-refractivity contribution in [3.63, 3.8) is 0 Å². The highest BCUT2D eigenvalue weighted by Gasteiger charge is 2.04. The fourth-order valence-corrected chi connectivity index (χ4v) is 3.26. The van der Waals surface area contributed by atoms with Gasteiger partial charge >= 0.3 is 0 Å². The van der Waals surface area contributed by atoms with Gasteiger partial charge in [0.15, 0.2) is 0 Å². The summed E-state index contributed by atoms with van der Waals surface area (Å²) in [5, 5.41) is 4.38. The summed E-state index contributed by atoms with van der Waals surface area (Å²) in [4.78, 5) is 15.3. The third-order valence-electron chi connectivity index (χ3n) is 4.98. The molecule has 0 spiro atoms. The number of hydrogen-bond donors (Lipinski definition) is 2. The molecule has 0 atom stereocenters. The highest BCUT2D eigenvalue weighted by Crippen LogP contribution is 2.18. The molecule has 4 heteroatoms. The van der Waals surface area contributed by atoms with E-state index in [9.17, 15) is 4.79 Å². The second kappa shape index (κ2) is 8.65. The van der Waals surface area contributed by atoms with Crippen molar-refractivity contribution < 1.29 is 4.74 Å². The number of fused-ring (bicyclic) bond motifs is 1. The van der Waals surface area contributed by atoms with Gasteiger partial charge in [0.2, 0.25) is 0 Å². The van der Waals surface area contributed by atoms with Gasteiger partial charge in [-0.25, -0.2) is 0 Å². The number of benzene rings is 3. The fourth-order valence-electron chi connectivity index (χ4n) is 3.26. The summed E-state index contributed by atoms with van der Waals surface area (Å²) in [6, 6.07) is 26.0. The summed E-state index contributed by atoms with van der Waals surface area (Å²) in [7, 11) is 0. The average Bonchev–Trinajstić information content (AvgIpc) is 2.77. The second-order valence-corrected chi connectivity index (χ2v) is 7.05. The molecule has 29 heavy (non-hydrogen) atoms. The standard InChI is InChI=1S/C25H24N2O2/c1-2-18-8-13-24-20(14-18)15-21(25(28)27-24)16-26-22-9-11-23(12-10-22)29-17-19-6-4-3-5-7-19/h3-15,26H,2,16-17H2,1H3,(H,27,28). The zero-order chi connectivity index (χ0) is 20.1. The smallest absolute Gasteiger partial charge is 0.253 e. The highest BCUT2D eigenvalue weighted by atomic mass is 16.5. The Morgan fingerprint density at radius 3 is 2.45 bits per heavy atom. The van der Waals surface area contributed by atoms with E-state index in [-0.39, 0.29) is 5.56 Å². The minimum absolute atomic E-state index is 0.0583. The van der Waals surface area contributed by atoms with Crippen molar-refractivity contribution in [1.82, 2.24) is 4.98 Å². The van der Waals surface area contributed by atoms with Crippen LogP contribution in [0, 0.1) is 0 Å². The lowest BCUT2D eigenvalue weighted by atomic mass is 10.1. The van der Waals surface area contributed by atoms with E-state index in [1.54, 1.807) is 0 Å². The number of rotatable bonds is 7. The number of aryl methyl sites for hydroxylation is 1. The monoisotopic (exact) mass is 384 g/mol. The third-order valence-corrected chi connectivity index (χ3v) is 4.98. The molecule has 0 saturated carbocycles. The number of ether oxygens (including phenoxy) is 1. The molecule has 0 amide bonds. The molecular weight excluding hydrogens is 360 g/mol. The Balaban J connectivity index is 1.41. The molecule has 2 N–H and O–H groups in total. The van der Waals surface area contributed by atoms with E-state index < -0.39 is 0 Å². The minimum atomic E-state index is -0.0583. The van der Waals surface area contributed by atoms with Crippen molar-refractivity contribution in [2.24, 2.45) is 0 Å². The minimum Gasteiger partial charge on any atom is -0.489 e.